The van der Waals surface area contributed by atoms with Crippen LogP contribution >= 0.6 is 0 Å². The topological polar surface area (TPSA) is 178 Å². The van der Waals surface area contributed by atoms with Crippen molar-refractivity contribution in [2.45, 2.75) is 30.9 Å². The van der Waals surface area contributed by atoms with E-state index >= 15 is 0 Å². The van der Waals surface area contributed by atoms with Crippen LogP contribution < -0.4 is 5.73 Å². The number of allylic oxidation sites excluding steroid dienone is 1. The van der Waals surface area contributed by atoms with Crippen molar-refractivity contribution in [3.63, 3.8) is 0 Å². The first kappa shape index (κ1) is 13.1. The van der Waals surface area contributed by atoms with E-state index in [1.54, 1.807) is 0 Å². The molecule has 152 valence electrons. The number of aliphatic hydroxyl groups excluding tert-OH is 2. The number of hydrogen-bond donors (Lipinski definition) is 6. The first-order valence-electron chi connectivity index (χ1n) is 11.4. The van der Waals surface area contributed by atoms with E-state index in [1.807, 2.05) is 0 Å². The van der Waals surface area contributed by atoms with E-state index in [0.29, 0.717) is 0 Å². The Labute approximate surface area is 172 Å². The van der Waals surface area contributed by atoms with E-state index in [9.17, 15) is 39.9 Å². The van der Waals surface area contributed by atoms with Crippen LogP contribution in [0.25, 0.3) is 0 Å². The minimum absolute atomic E-state index is 0.752. The molecule has 9 heteroatoms. The number of hydrogen-bond acceptors (Lipinski definition) is 8. The van der Waals surface area contributed by atoms with Gasteiger partial charge in [-0.15, -0.1) is 0 Å². The van der Waals surface area contributed by atoms with Gasteiger partial charge in [-0.3, -0.25) is 14.4 Å². The highest BCUT2D eigenvalue weighted by Crippen LogP contribution is 2.55. The predicted octanol–water partition coefficient (Wildman–Crippen LogP) is 0.246. The van der Waals surface area contributed by atoms with E-state index in [4.69, 9.17) is 14.0 Å². The fourth-order valence-electron chi connectivity index (χ4n) is 4.08. The quantitative estimate of drug-likeness (QED) is 0.358. The molecule has 1 amide bonds. The molecule has 1 aromatic carbocycles. The summed E-state index contributed by atoms with van der Waals surface area (Å²) >= 11 is 0. The van der Waals surface area contributed by atoms with Crippen LogP contribution in [0.15, 0.2) is 40.8 Å². The number of rotatable bonds is 1. The molecule has 0 saturated heterocycles. The Morgan fingerprint density at radius 3 is 2.59 bits per heavy atom. The fourth-order valence-corrected chi connectivity index (χ4v) is 4.08. The van der Waals surface area contributed by atoms with Crippen LogP contribution in [-0.2, 0) is 15.2 Å². The minimum atomic E-state index is -3.39. The van der Waals surface area contributed by atoms with Gasteiger partial charge in [-0.1, -0.05) is 12.1 Å². The van der Waals surface area contributed by atoms with Crippen molar-refractivity contribution >= 4 is 17.5 Å². The van der Waals surface area contributed by atoms with Gasteiger partial charge < -0.3 is 31.3 Å². The Balaban J connectivity index is 2.16. The monoisotopic (exact) mass is 407 g/mol. The maximum Gasteiger partial charge on any atom is 0.255 e. The van der Waals surface area contributed by atoms with Crippen molar-refractivity contribution in [3.05, 3.63) is 51.9 Å². The Bertz CT molecular complexity index is 1350. The smallest absolute Gasteiger partial charge is 0.255 e. The molecule has 0 aliphatic heterocycles. The van der Waals surface area contributed by atoms with Gasteiger partial charge in [0, 0.05) is 27.9 Å². The number of phenolic OH excluding ortho intramolecular Hbond substituents is 1. The Morgan fingerprint density at radius 1 is 1.31 bits per heavy atom. The van der Waals surface area contributed by atoms with Gasteiger partial charge in [-0.25, -0.2) is 0 Å². The number of aliphatic hydroxyl groups is 4. The standard InChI is InChI=1S/C20H19NO8/c1-19(28)8-3-2-4-10(22)12(8)15(24)13-9(19)5-7-6-11(23)14(18(21)27)17(26)20(7,29)16(13)25/h2-4,7,9,22-23,25,28-29H,5-6H2,1H3,(H2,21,27)/t7?,9?,19-,20+/m1/s1/i2D,3D,4D,6D2,9D. The number of fused-ring (bicyclic) bond motifs is 3. The molecule has 0 spiro atoms. The first-order chi connectivity index (χ1) is 15.8. The normalized spacial score (nSPS) is 41.1. The van der Waals surface area contributed by atoms with Crippen LogP contribution in [-0.4, -0.2) is 48.6 Å². The molecule has 7 N–H and O–H groups in total. The largest absolute Gasteiger partial charge is 0.511 e. The van der Waals surface area contributed by atoms with E-state index in [-0.39, 0.29) is 0 Å². The molecule has 3 aliphatic rings. The summed E-state index contributed by atoms with van der Waals surface area (Å²) < 4.78 is 49.3. The second-order valence-corrected chi connectivity index (χ2v) is 7.16. The molecule has 0 heterocycles. The van der Waals surface area contributed by atoms with Crippen LogP contribution in [0, 0.1) is 11.8 Å². The van der Waals surface area contributed by atoms with E-state index < -0.39 is 111 Å². The summed E-state index contributed by atoms with van der Waals surface area (Å²) in [6, 6.07) is -2.76. The molecule has 0 radical (unpaired) electrons. The lowest BCUT2D eigenvalue weighted by molar-refractivity contribution is -0.147. The summed E-state index contributed by atoms with van der Waals surface area (Å²) in [4.78, 5) is 38.3. The number of Topliss-reactive ketones (excluding diaryl/α,β-unsaturated/α-hetero) is 2. The second-order valence-electron chi connectivity index (χ2n) is 7.16. The Hall–Kier alpha value is -3.17. The third kappa shape index (κ3) is 2.19. The highest BCUT2D eigenvalue weighted by Gasteiger charge is 2.62. The van der Waals surface area contributed by atoms with E-state index in [1.165, 1.54) is 0 Å². The van der Waals surface area contributed by atoms with Crippen molar-refractivity contribution in [1.82, 2.24) is 0 Å². The van der Waals surface area contributed by atoms with Crippen molar-refractivity contribution in [1.29, 1.82) is 0 Å². The summed E-state index contributed by atoms with van der Waals surface area (Å²) in [5.74, 6) is -14.2. The van der Waals surface area contributed by atoms with Crippen molar-refractivity contribution in [3.8, 4) is 5.75 Å². The number of amides is 1. The van der Waals surface area contributed by atoms with Crippen LogP contribution in [0.2, 0.25) is 0 Å². The molecular formula is C20H19NO8. The number of carbonyl (C=O) groups excluding carboxylic acids is 3. The summed E-state index contributed by atoms with van der Waals surface area (Å²) in [6.07, 6.45) is -4.30. The number of benzene rings is 1. The molecule has 29 heavy (non-hydrogen) atoms. The second kappa shape index (κ2) is 5.68. The number of phenols is 1. The number of nitrogens with two attached hydrogens (primary N) is 1. The van der Waals surface area contributed by atoms with Gasteiger partial charge in [-0.05, 0) is 25.0 Å². The molecule has 2 unspecified atom stereocenters. The minimum Gasteiger partial charge on any atom is -0.511 e. The molecule has 4 atom stereocenters. The van der Waals surface area contributed by atoms with Crippen molar-refractivity contribution in [2.75, 3.05) is 0 Å². The average molecular weight is 407 g/mol. The van der Waals surface area contributed by atoms with E-state index in [2.05, 4.69) is 0 Å². The maximum absolute atomic E-state index is 13.4. The van der Waals surface area contributed by atoms with Gasteiger partial charge in [0.15, 0.2) is 11.4 Å². The van der Waals surface area contributed by atoms with Gasteiger partial charge in [0.25, 0.3) is 5.91 Å². The van der Waals surface area contributed by atoms with Crippen molar-refractivity contribution in [2.24, 2.45) is 17.5 Å². The predicted molar refractivity (Wildman–Crippen MR) is 96.7 cm³/mol. The Morgan fingerprint density at radius 2 is 1.97 bits per heavy atom. The third-order valence-corrected chi connectivity index (χ3v) is 5.56. The van der Waals surface area contributed by atoms with Crippen LogP contribution in [0.1, 0.15) is 43.9 Å². The molecule has 9 nitrogen and oxygen atoms in total. The zero-order valence-corrected chi connectivity index (χ0v) is 14.8. The lowest BCUT2D eigenvalue weighted by Gasteiger charge is -2.49. The SMILES string of the molecule is [2H]c1c([2H])c(O)c2c(c1[2H])[C@@](C)(O)C1([2H])CC3C([2H])([2H])C(O)=C(C(N)=O)C(=O)[C@@]3(O)C(O)=C1C2=O. The third-order valence-electron chi connectivity index (χ3n) is 5.56. The first-order valence-corrected chi connectivity index (χ1v) is 8.36. The highest BCUT2D eigenvalue weighted by molar-refractivity contribution is 6.24. The molecule has 0 bridgehead atoms. The van der Waals surface area contributed by atoms with Crippen LogP contribution in [0.5, 0.6) is 5.75 Å². The number of carbonyl (C=O) groups is 3. The Kier molecular flexibility index (Phi) is 2.57. The van der Waals surface area contributed by atoms with Crippen LogP contribution in [0.3, 0.4) is 0 Å². The highest BCUT2D eigenvalue weighted by atomic mass is 16.3. The summed E-state index contributed by atoms with van der Waals surface area (Å²) in [7, 11) is 0. The number of ketones is 2. The zero-order valence-electron chi connectivity index (χ0n) is 20.8. The van der Waals surface area contributed by atoms with Gasteiger partial charge in [0.05, 0.1) is 15.3 Å². The molecular weight excluding hydrogens is 382 g/mol. The molecule has 0 aromatic heterocycles. The number of aromatic hydroxyl groups is 1. The lowest BCUT2D eigenvalue weighted by Crippen LogP contribution is -2.59. The van der Waals surface area contributed by atoms with E-state index in [0.717, 1.165) is 6.92 Å². The lowest BCUT2D eigenvalue weighted by atomic mass is 9.56. The molecule has 0 fully saturated rings. The summed E-state index contributed by atoms with van der Waals surface area (Å²) in [5.41, 5.74) is -5.27. The summed E-state index contributed by atoms with van der Waals surface area (Å²) in [5, 5.41) is 54.5. The van der Waals surface area contributed by atoms with Gasteiger partial charge in [0.2, 0.25) is 5.78 Å². The van der Waals surface area contributed by atoms with Gasteiger partial charge >= 0.3 is 0 Å². The maximum atomic E-state index is 13.4. The van der Waals surface area contributed by atoms with Gasteiger partial charge in [-0.2, -0.15) is 0 Å². The molecule has 3 aliphatic carbocycles. The molecule has 1 aromatic rings. The van der Waals surface area contributed by atoms with Crippen molar-refractivity contribution < 1.29 is 48.1 Å². The molecule has 0 saturated carbocycles. The fraction of sp³-hybridized carbons (Fsp3) is 0.350. The van der Waals surface area contributed by atoms with Crippen LogP contribution in [0.4, 0.5) is 0 Å². The molecule has 4 rings (SSSR count). The summed E-state index contributed by atoms with van der Waals surface area (Å²) in [6.45, 7) is 0.883. The average Bonchev–Trinajstić information content (AvgIpc) is 2.74. The van der Waals surface area contributed by atoms with Gasteiger partial charge in [0.1, 0.15) is 22.8 Å². The number of primary amides is 1. The zero-order chi connectivity index (χ0) is 26.8.